The normalized spacial score (nSPS) is 9.42. The number of methoxy groups -OCH3 is 2. The highest BCUT2D eigenvalue weighted by atomic mass is 16.5. The molecule has 0 radical (unpaired) electrons. The smallest absolute Gasteiger partial charge is 0.345 e. The highest BCUT2D eigenvalue weighted by Gasteiger charge is 2.19. The quantitative estimate of drug-likeness (QED) is 0.351. The number of carbonyl (C=O) groups excluding carboxylic acids is 2. The molecule has 1 aromatic carbocycles. The first-order valence-corrected chi connectivity index (χ1v) is 5.73. The molecule has 0 spiro atoms. The van der Waals surface area contributed by atoms with Crippen molar-refractivity contribution in [2.45, 2.75) is 6.92 Å². The largest absolute Gasteiger partial charge is 0.494 e. The summed E-state index contributed by atoms with van der Waals surface area (Å²) in [4.78, 5) is 23.0. The topological polar surface area (TPSA) is 61.8 Å². The van der Waals surface area contributed by atoms with Gasteiger partial charge in [0.15, 0.2) is 0 Å². The number of rotatable bonds is 5. The second kappa shape index (κ2) is 7.20. The molecule has 5 nitrogen and oxygen atoms in total. The van der Waals surface area contributed by atoms with Gasteiger partial charge in [0.25, 0.3) is 0 Å². The van der Waals surface area contributed by atoms with Crippen LogP contribution >= 0.6 is 0 Å². The molecular weight excluding hydrogens is 248 g/mol. The van der Waals surface area contributed by atoms with Gasteiger partial charge in [0.2, 0.25) is 0 Å². The van der Waals surface area contributed by atoms with E-state index in [0.717, 1.165) is 0 Å². The Hall–Kier alpha value is -2.30. The third kappa shape index (κ3) is 4.13. The van der Waals surface area contributed by atoms with Gasteiger partial charge in [0.1, 0.15) is 11.3 Å². The maximum absolute atomic E-state index is 11.5. The van der Waals surface area contributed by atoms with E-state index in [1.165, 1.54) is 20.3 Å². The molecule has 0 aliphatic rings. The van der Waals surface area contributed by atoms with Gasteiger partial charge in [-0.2, -0.15) is 0 Å². The van der Waals surface area contributed by atoms with E-state index in [9.17, 15) is 9.59 Å². The Morgan fingerprint density at radius 2 is 1.79 bits per heavy atom. The van der Waals surface area contributed by atoms with Crippen LogP contribution in [0.15, 0.2) is 29.8 Å². The lowest BCUT2D eigenvalue weighted by molar-refractivity contribution is -0.143. The zero-order valence-electron chi connectivity index (χ0n) is 11.1. The number of carbonyl (C=O) groups is 2. The summed E-state index contributed by atoms with van der Waals surface area (Å²) in [6.07, 6.45) is 1.40. The zero-order chi connectivity index (χ0) is 14.3. The van der Waals surface area contributed by atoms with Gasteiger partial charge >= 0.3 is 11.9 Å². The maximum Gasteiger partial charge on any atom is 0.345 e. The molecule has 0 fully saturated rings. The van der Waals surface area contributed by atoms with Crippen LogP contribution in [0.25, 0.3) is 6.08 Å². The number of ether oxygens (including phenoxy) is 3. The lowest BCUT2D eigenvalue weighted by Gasteiger charge is -2.05. The second-order valence-corrected chi connectivity index (χ2v) is 3.55. The summed E-state index contributed by atoms with van der Waals surface area (Å²) in [6.45, 7) is 2.41. The third-order valence-corrected chi connectivity index (χ3v) is 2.29. The minimum atomic E-state index is -0.742. The molecule has 0 bridgehead atoms. The fourth-order valence-corrected chi connectivity index (χ4v) is 1.45. The fourth-order valence-electron chi connectivity index (χ4n) is 1.45. The van der Waals surface area contributed by atoms with E-state index in [2.05, 4.69) is 9.47 Å². The maximum atomic E-state index is 11.5. The van der Waals surface area contributed by atoms with E-state index >= 15 is 0 Å². The molecule has 19 heavy (non-hydrogen) atoms. The van der Waals surface area contributed by atoms with Gasteiger partial charge in [-0.15, -0.1) is 0 Å². The molecule has 0 aliphatic heterocycles. The standard InChI is InChI=1S/C14H16O5/c1-4-19-11-7-5-6-10(8-11)9-12(13(15)17-2)14(16)18-3/h5-9H,4H2,1-3H3. The van der Waals surface area contributed by atoms with Crippen molar-refractivity contribution in [2.24, 2.45) is 0 Å². The van der Waals surface area contributed by atoms with E-state index in [0.29, 0.717) is 17.9 Å². The van der Waals surface area contributed by atoms with E-state index in [-0.39, 0.29) is 5.57 Å². The van der Waals surface area contributed by atoms with E-state index in [4.69, 9.17) is 4.74 Å². The van der Waals surface area contributed by atoms with Crippen molar-refractivity contribution in [1.29, 1.82) is 0 Å². The average Bonchev–Trinajstić information content (AvgIpc) is 2.44. The highest BCUT2D eigenvalue weighted by molar-refractivity contribution is 6.17. The Balaban J connectivity index is 3.10. The van der Waals surface area contributed by atoms with Crippen LogP contribution < -0.4 is 4.74 Å². The molecule has 1 aromatic rings. The predicted octanol–water partition coefficient (Wildman–Crippen LogP) is 1.81. The van der Waals surface area contributed by atoms with Crippen LogP contribution in [0.3, 0.4) is 0 Å². The van der Waals surface area contributed by atoms with Crippen LogP contribution in [0.1, 0.15) is 12.5 Å². The first kappa shape index (κ1) is 14.8. The van der Waals surface area contributed by atoms with Crippen molar-refractivity contribution < 1.29 is 23.8 Å². The molecule has 0 heterocycles. The average molecular weight is 264 g/mol. The van der Waals surface area contributed by atoms with Crippen LogP contribution in [0.4, 0.5) is 0 Å². The van der Waals surface area contributed by atoms with Crippen LogP contribution in [-0.2, 0) is 19.1 Å². The van der Waals surface area contributed by atoms with Crippen molar-refractivity contribution in [2.75, 3.05) is 20.8 Å². The lowest BCUT2D eigenvalue weighted by atomic mass is 10.1. The summed E-state index contributed by atoms with van der Waals surface area (Å²) in [5.74, 6) is -0.826. The van der Waals surface area contributed by atoms with Crippen molar-refractivity contribution >= 4 is 18.0 Å². The summed E-state index contributed by atoms with van der Waals surface area (Å²) >= 11 is 0. The van der Waals surface area contributed by atoms with Crippen LogP contribution in [0.5, 0.6) is 5.75 Å². The Bertz CT molecular complexity index is 472. The minimum Gasteiger partial charge on any atom is -0.494 e. The van der Waals surface area contributed by atoms with Gasteiger partial charge in [0.05, 0.1) is 20.8 Å². The van der Waals surface area contributed by atoms with Crippen LogP contribution in [0.2, 0.25) is 0 Å². The fraction of sp³-hybridized carbons (Fsp3) is 0.286. The molecule has 0 N–H and O–H groups in total. The molecule has 0 aromatic heterocycles. The number of esters is 2. The Kier molecular flexibility index (Phi) is 5.60. The minimum absolute atomic E-state index is 0.168. The van der Waals surface area contributed by atoms with Crippen molar-refractivity contribution in [3.63, 3.8) is 0 Å². The second-order valence-electron chi connectivity index (χ2n) is 3.55. The molecule has 0 saturated heterocycles. The third-order valence-electron chi connectivity index (χ3n) is 2.29. The zero-order valence-corrected chi connectivity index (χ0v) is 11.1. The highest BCUT2D eigenvalue weighted by Crippen LogP contribution is 2.16. The summed E-state index contributed by atoms with van der Waals surface area (Å²) < 4.78 is 14.4. The number of benzene rings is 1. The summed E-state index contributed by atoms with van der Waals surface area (Å²) in [6, 6.07) is 7.02. The van der Waals surface area contributed by atoms with Gasteiger partial charge in [-0.25, -0.2) is 9.59 Å². The van der Waals surface area contributed by atoms with Crippen LogP contribution in [-0.4, -0.2) is 32.8 Å². The first-order chi connectivity index (χ1) is 9.12. The monoisotopic (exact) mass is 264 g/mol. The Labute approximate surface area is 111 Å². The summed E-state index contributed by atoms with van der Waals surface area (Å²) in [5, 5.41) is 0. The molecule has 102 valence electrons. The number of hydrogen-bond donors (Lipinski definition) is 0. The molecule has 0 aliphatic carbocycles. The Morgan fingerprint density at radius 3 is 2.32 bits per heavy atom. The first-order valence-electron chi connectivity index (χ1n) is 5.73. The SMILES string of the molecule is CCOc1cccc(C=C(C(=O)OC)C(=O)OC)c1. The molecule has 0 saturated carbocycles. The molecule has 0 unspecified atom stereocenters. The molecule has 0 amide bonds. The predicted molar refractivity (Wildman–Crippen MR) is 69.6 cm³/mol. The van der Waals surface area contributed by atoms with Gasteiger partial charge in [-0.05, 0) is 30.7 Å². The lowest BCUT2D eigenvalue weighted by Crippen LogP contribution is -2.15. The number of hydrogen-bond acceptors (Lipinski definition) is 5. The van der Waals surface area contributed by atoms with Crippen molar-refractivity contribution in [3.05, 3.63) is 35.4 Å². The Morgan fingerprint density at radius 1 is 1.16 bits per heavy atom. The van der Waals surface area contributed by atoms with E-state index in [1.54, 1.807) is 24.3 Å². The molecule has 0 atom stereocenters. The van der Waals surface area contributed by atoms with Crippen molar-refractivity contribution in [3.8, 4) is 5.75 Å². The van der Waals surface area contributed by atoms with Gasteiger partial charge in [0, 0.05) is 0 Å². The summed E-state index contributed by atoms with van der Waals surface area (Å²) in [5.41, 5.74) is 0.482. The molecular formula is C14H16O5. The van der Waals surface area contributed by atoms with E-state index < -0.39 is 11.9 Å². The molecule has 1 rings (SSSR count). The van der Waals surface area contributed by atoms with Gasteiger partial charge in [-0.1, -0.05) is 12.1 Å². The van der Waals surface area contributed by atoms with Gasteiger partial charge in [-0.3, -0.25) is 0 Å². The molecule has 5 heteroatoms. The van der Waals surface area contributed by atoms with Crippen molar-refractivity contribution in [1.82, 2.24) is 0 Å². The summed E-state index contributed by atoms with van der Waals surface area (Å²) in [7, 11) is 2.41. The van der Waals surface area contributed by atoms with E-state index in [1.807, 2.05) is 6.92 Å². The van der Waals surface area contributed by atoms with Gasteiger partial charge < -0.3 is 14.2 Å². The van der Waals surface area contributed by atoms with Crippen LogP contribution in [0, 0.1) is 0 Å².